The number of halogens is 1. The molecule has 0 aliphatic heterocycles. The van der Waals surface area contributed by atoms with Gasteiger partial charge >= 0.3 is 5.97 Å². The molecule has 0 spiro atoms. The van der Waals surface area contributed by atoms with Gasteiger partial charge in [0.05, 0.1) is 7.11 Å². The smallest absolute Gasteiger partial charge is 0.341 e. The Morgan fingerprint density at radius 1 is 1.47 bits per heavy atom. The van der Waals surface area contributed by atoms with Gasteiger partial charge in [-0.05, 0) is 34.5 Å². The van der Waals surface area contributed by atoms with E-state index in [1.807, 2.05) is 6.92 Å². The second-order valence-electron chi connectivity index (χ2n) is 3.32. The normalized spacial score (nSPS) is 9.82. The van der Waals surface area contributed by atoms with E-state index in [9.17, 15) is 9.59 Å². The van der Waals surface area contributed by atoms with E-state index in [-0.39, 0.29) is 17.3 Å². The molecule has 1 rings (SSSR count). The zero-order valence-corrected chi connectivity index (χ0v) is 11.2. The minimum absolute atomic E-state index is 0.178. The Balaban J connectivity index is 2.99. The Morgan fingerprint density at radius 2 is 2.18 bits per heavy atom. The maximum absolute atomic E-state index is 11.5. The summed E-state index contributed by atoms with van der Waals surface area (Å²) in [5.74, 6) is -0.496. The summed E-state index contributed by atoms with van der Waals surface area (Å²) in [4.78, 5) is 27.0. The summed E-state index contributed by atoms with van der Waals surface area (Å²) in [6.07, 6.45) is 1.11. The molecule has 0 unspecified atom stereocenters. The van der Waals surface area contributed by atoms with Gasteiger partial charge in [0.25, 0.3) is 0 Å². The molecule has 1 aromatic heterocycles. The van der Waals surface area contributed by atoms with E-state index in [4.69, 9.17) is 0 Å². The van der Waals surface area contributed by atoms with Gasteiger partial charge < -0.3 is 10.1 Å². The number of aromatic nitrogens is 1. The van der Waals surface area contributed by atoms with Crippen LogP contribution in [0.25, 0.3) is 0 Å². The lowest BCUT2D eigenvalue weighted by atomic mass is 10.2. The maximum atomic E-state index is 11.5. The van der Waals surface area contributed by atoms with Gasteiger partial charge in [-0.25, -0.2) is 9.78 Å². The number of pyridine rings is 1. The Labute approximate surface area is 108 Å². The van der Waals surface area contributed by atoms with Crippen molar-refractivity contribution in [3.05, 3.63) is 22.3 Å². The molecule has 92 valence electrons. The highest BCUT2D eigenvalue weighted by Crippen LogP contribution is 2.18. The van der Waals surface area contributed by atoms with Crippen LogP contribution in [0.15, 0.2) is 16.7 Å². The predicted molar refractivity (Wildman–Crippen MR) is 66.8 cm³/mol. The number of hydrogen-bond acceptors (Lipinski definition) is 4. The van der Waals surface area contributed by atoms with E-state index < -0.39 is 5.97 Å². The van der Waals surface area contributed by atoms with Gasteiger partial charge in [-0.1, -0.05) is 6.92 Å². The van der Waals surface area contributed by atoms with Crippen LogP contribution < -0.4 is 5.32 Å². The fraction of sp³-hybridized carbons (Fsp3) is 0.364. The van der Waals surface area contributed by atoms with Crippen molar-refractivity contribution in [2.75, 3.05) is 12.4 Å². The lowest BCUT2D eigenvalue weighted by molar-refractivity contribution is -0.116. The molecule has 0 fully saturated rings. The van der Waals surface area contributed by atoms with Crippen molar-refractivity contribution >= 4 is 33.6 Å². The average molecular weight is 301 g/mol. The minimum atomic E-state index is -0.531. The summed E-state index contributed by atoms with van der Waals surface area (Å²) >= 11 is 3.18. The van der Waals surface area contributed by atoms with E-state index in [1.54, 1.807) is 12.1 Å². The fourth-order valence-electron chi connectivity index (χ4n) is 1.23. The van der Waals surface area contributed by atoms with Gasteiger partial charge in [-0.15, -0.1) is 0 Å². The van der Waals surface area contributed by atoms with E-state index in [0.717, 1.165) is 6.42 Å². The number of rotatable bonds is 4. The molecule has 6 heteroatoms. The standard InChI is InChI=1S/C11H13BrN2O3/c1-3-4-9(15)14-10-7(11(16)17-2)5-6-8(12)13-10/h5-6H,3-4H2,1-2H3,(H,13,14,15). The third kappa shape index (κ3) is 3.81. The second-order valence-corrected chi connectivity index (χ2v) is 4.13. The number of amides is 1. The van der Waals surface area contributed by atoms with Crippen molar-refractivity contribution in [1.82, 2.24) is 4.98 Å². The summed E-state index contributed by atoms with van der Waals surface area (Å²) in [7, 11) is 1.28. The lowest BCUT2D eigenvalue weighted by Gasteiger charge is -2.08. The summed E-state index contributed by atoms with van der Waals surface area (Å²) in [5.41, 5.74) is 0.236. The molecule has 0 saturated carbocycles. The third-order valence-electron chi connectivity index (χ3n) is 2.00. The Bertz CT molecular complexity index is 435. The van der Waals surface area contributed by atoms with Gasteiger partial charge in [-0.2, -0.15) is 0 Å². The van der Waals surface area contributed by atoms with Crippen LogP contribution in [0.2, 0.25) is 0 Å². The topological polar surface area (TPSA) is 68.3 Å². The number of ether oxygens (including phenoxy) is 1. The number of methoxy groups -OCH3 is 1. The molecule has 1 heterocycles. The SMILES string of the molecule is CCCC(=O)Nc1nc(Br)ccc1C(=O)OC. The van der Waals surface area contributed by atoms with E-state index in [1.165, 1.54) is 7.11 Å². The summed E-state index contributed by atoms with van der Waals surface area (Å²) in [5, 5.41) is 2.59. The summed E-state index contributed by atoms with van der Waals surface area (Å²) in [6, 6.07) is 3.16. The van der Waals surface area contributed by atoms with Crippen LogP contribution in [0.1, 0.15) is 30.1 Å². The maximum Gasteiger partial charge on any atom is 0.341 e. The average Bonchev–Trinajstić information content (AvgIpc) is 2.28. The van der Waals surface area contributed by atoms with Crippen molar-refractivity contribution in [3.8, 4) is 0 Å². The Hall–Kier alpha value is -1.43. The van der Waals surface area contributed by atoms with Crippen LogP contribution in [-0.2, 0) is 9.53 Å². The van der Waals surface area contributed by atoms with E-state index >= 15 is 0 Å². The molecule has 0 aromatic carbocycles. The van der Waals surface area contributed by atoms with Crippen LogP contribution in [0.5, 0.6) is 0 Å². The van der Waals surface area contributed by atoms with E-state index in [0.29, 0.717) is 11.0 Å². The highest BCUT2D eigenvalue weighted by molar-refractivity contribution is 9.10. The third-order valence-corrected chi connectivity index (χ3v) is 2.44. The molecule has 0 aliphatic carbocycles. The lowest BCUT2D eigenvalue weighted by Crippen LogP contribution is -2.16. The molecule has 17 heavy (non-hydrogen) atoms. The number of nitrogens with one attached hydrogen (secondary N) is 1. The molecule has 0 radical (unpaired) electrons. The number of carbonyl (C=O) groups is 2. The number of nitrogens with zero attached hydrogens (tertiary/aromatic N) is 1. The zero-order valence-electron chi connectivity index (χ0n) is 9.62. The van der Waals surface area contributed by atoms with Gasteiger partial charge in [-0.3, -0.25) is 4.79 Å². The summed E-state index contributed by atoms with van der Waals surface area (Å²) < 4.78 is 5.15. The van der Waals surface area contributed by atoms with Crippen molar-refractivity contribution in [3.63, 3.8) is 0 Å². The van der Waals surface area contributed by atoms with Crippen LogP contribution in [0.3, 0.4) is 0 Å². The second kappa shape index (κ2) is 6.34. The number of anilines is 1. The Morgan fingerprint density at radius 3 is 2.76 bits per heavy atom. The molecule has 0 bridgehead atoms. The van der Waals surface area contributed by atoms with Crippen molar-refractivity contribution < 1.29 is 14.3 Å². The van der Waals surface area contributed by atoms with Gasteiger partial charge in [0.15, 0.2) is 0 Å². The predicted octanol–water partition coefficient (Wildman–Crippen LogP) is 2.37. The van der Waals surface area contributed by atoms with E-state index in [2.05, 4.69) is 31.0 Å². The molecule has 0 saturated heterocycles. The molecule has 0 atom stereocenters. The number of esters is 1. The first-order valence-corrected chi connectivity index (χ1v) is 5.92. The molecule has 5 nitrogen and oxygen atoms in total. The molecule has 1 aromatic rings. The molecule has 1 N–H and O–H groups in total. The largest absolute Gasteiger partial charge is 0.465 e. The Kier molecular flexibility index (Phi) is 5.09. The highest BCUT2D eigenvalue weighted by Gasteiger charge is 2.15. The van der Waals surface area contributed by atoms with Crippen molar-refractivity contribution in [2.24, 2.45) is 0 Å². The van der Waals surface area contributed by atoms with Gasteiger partial charge in [0.1, 0.15) is 16.0 Å². The first kappa shape index (κ1) is 13.6. The van der Waals surface area contributed by atoms with Gasteiger partial charge in [0.2, 0.25) is 5.91 Å². The van der Waals surface area contributed by atoms with Crippen LogP contribution >= 0.6 is 15.9 Å². The monoisotopic (exact) mass is 300 g/mol. The first-order chi connectivity index (χ1) is 8.08. The quantitative estimate of drug-likeness (QED) is 0.685. The minimum Gasteiger partial charge on any atom is -0.465 e. The highest BCUT2D eigenvalue weighted by atomic mass is 79.9. The van der Waals surface area contributed by atoms with Gasteiger partial charge in [0, 0.05) is 6.42 Å². The number of hydrogen-bond donors (Lipinski definition) is 1. The van der Waals surface area contributed by atoms with Crippen LogP contribution in [-0.4, -0.2) is 24.0 Å². The first-order valence-electron chi connectivity index (χ1n) is 5.13. The van der Waals surface area contributed by atoms with Crippen LogP contribution in [0.4, 0.5) is 5.82 Å². The van der Waals surface area contributed by atoms with Crippen LogP contribution in [0, 0.1) is 0 Å². The fourth-order valence-corrected chi connectivity index (χ4v) is 1.54. The molecular formula is C11H13BrN2O3. The number of carbonyl (C=O) groups excluding carboxylic acids is 2. The van der Waals surface area contributed by atoms with Crippen molar-refractivity contribution in [1.29, 1.82) is 0 Å². The van der Waals surface area contributed by atoms with Crippen molar-refractivity contribution in [2.45, 2.75) is 19.8 Å². The molecule has 0 aliphatic rings. The summed E-state index contributed by atoms with van der Waals surface area (Å²) in [6.45, 7) is 1.90. The molecule has 1 amide bonds. The molecular weight excluding hydrogens is 288 g/mol. The zero-order chi connectivity index (χ0) is 12.8.